The molecule has 0 unspecified atom stereocenters. The molecule has 1 atom stereocenters. The van der Waals surface area contributed by atoms with Gasteiger partial charge in [0.15, 0.2) is 6.61 Å². The van der Waals surface area contributed by atoms with E-state index in [1.807, 2.05) is 6.26 Å². The standard InChI is InChI=1S/C21H19FN2O5S/c1-30-11-10-17(24-19(26)13-6-2-3-7-14(13)20(24)27)21(28)29-12-18(25)23-16-9-5-4-8-15(16)22/h2-9,17H,10-12H2,1H3,(H,23,25)/t17-/m1/s1. The average Bonchev–Trinajstić information content (AvgIpc) is 2.99. The van der Waals surface area contributed by atoms with Crippen molar-refractivity contribution in [3.05, 3.63) is 65.5 Å². The van der Waals surface area contributed by atoms with Gasteiger partial charge in [0.2, 0.25) is 0 Å². The summed E-state index contributed by atoms with van der Waals surface area (Å²) < 4.78 is 18.7. The molecule has 0 bridgehead atoms. The molecule has 9 heteroatoms. The van der Waals surface area contributed by atoms with Crippen molar-refractivity contribution >= 4 is 41.1 Å². The largest absolute Gasteiger partial charge is 0.454 e. The zero-order valence-electron chi connectivity index (χ0n) is 16.1. The quantitative estimate of drug-likeness (QED) is 0.511. The minimum Gasteiger partial charge on any atom is -0.454 e. The van der Waals surface area contributed by atoms with Gasteiger partial charge in [-0.25, -0.2) is 9.18 Å². The maximum Gasteiger partial charge on any atom is 0.329 e. The number of hydrogen-bond acceptors (Lipinski definition) is 6. The van der Waals surface area contributed by atoms with E-state index < -0.39 is 42.2 Å². The van der Waals surface area contributed by atoms with Crippen molar-refractivity contribution in [2.45, 2.75) is 12.5 Å². The Labute approximate surface area is 176 Å². The molecule has 0 aliphatic carbocycles. The predicted molar refractivity (Wildman–Crippen MR) is 110 cm³/mol. The Bertz CT molecular complexity index is 962. The van der Waals surface area contributed by atoms with Crippen molar-refractivity contribution in [3.8, 4) is 0 Å². The topological polar surface area (TPSA) is 92.8 Å². The Morgan fingerprint density at radius 3 is 2.27 bits per heavy atom. The van der Waals surface area contributed by atoms with Gasteiger partial charge in [-0.05, 0) is 42.7 Å². The Balaban J connectivity index is 1.69. The van der Waals surface area contributed by atoms with Gasteiger partial charge in [0.25, 0.3) is 17.7 Å². The number of fused-ring (bicyclic) bond motifs is 1. The van der Waals surface area contributed by atoms with Gasteiger partial charge in [-0.1, -0.05) is 24.3 Å². The van der Waals surface area contributed by atoms with Gasteiger partial charge in [-0.3, -0.25) is 19.3 Å². The molecule has 1 N–H and O–H groups in total. The highest BCUT2D eigenvalue weighted by Gasteiger charge is 2.43. The first kappa shape index (κ1) is 21.5. The molecule has 3 rings (SSSR count). The molecule has 0 saturated carbocycles. The van der Waals surface area contributed by atoms with Crippen LogP contribution in [0.2, 0.25) is 0 Å². The number of anilines is 1. The molecule has 0 spiro atoms. The van der Waals surface area contributed by atoms with Crippen molar-refractivity contribution in [1.82, 2.24) is 4.90 Å². The summed E-state index contributed by atoms with van der Waals surface area (Å²) in [6, 6.07) is 10.7. The van der Waals surface area contributed by atoms with Crippen LogP contribution in [-0.2, 0) is 14.3 Å². The van der Waals surface area contributed by atoms with Crippen molar-refractivity contribution in [1.29, 1.82) is 0 Å². The third-order valence-electron chi connectivity index (χ3n) is 4.50. The van der Waals surface area contributed by atoms with Crippen LogP contribution in [-0.4, -0.2) is 53.2 Å². The number of rotatable bonds is 8. The second-order valence-corrected chi connectivity index (χ2v) is 7.44. The van der Waals surface area contributed by atoms with Crippen molar-refractivity contribution < 1.29 is 28.3 Å². The number of thioether (sulfide) groups is 1. The van der Waals surface area contributed by atoms with Gasteiger partial charge < -0.3 is 10.1 Å². The van der Waals surface area contributed by atoms with E-state index in [4.69, 9.17) is 4.74 Å². The fraction of sp³-hybridized carbons (Fsp3) is 0.238. The maximum atomic E-state index is 13.6. The second kappa shape index (κ2) is 9.53. The summed E-state index contributed by atoms with van der Waals surface area (Å²) in [5.74, 6) is -2.89. The van der Waals surface area contributed by atoms with Crippen molar-refractivity contribution in [2.75, 3.05) is 23.9 Å². The normalized spacial score (nSPS) is 13.7. The van der Waals surface area contributed by atoms with Gasteiger partial charge in [0, 0.05) is 0 Å². The van der Waals surface area contributed by atoms with Crippen LogP contribution >= 0.6 is 11.8 Å². The number of carbonyl (C=O) groups excluding carboxylic acids is 4. The molecule has 0 radical (unpaired) electrons. The van der Waals surface area contributed by atoms with E-state index in [0.717, 1.165) is 4.90 Å². The third kappa shape index (κ3) is 4.51. The lowest BCUT2D eigenvalue weighted by Gasteiger charge is -2.24. The minimum absolute atomic E-state index is 0.0437. The molecule has 7 nitrogen and oxygen atoms in total. The lowest BCUT2D eigenvalue weighted by Crippen LogP contribution is -2.46. The predicted octanol–water partition coefficient (Wildman–Crippen LogP) is 2.73. The minimum atomic E-state index is -1.16. The number of hydrogen-bond donors (Lipinski definition) is 1. The fourth-order valence-corrected chi connectivity index (χ4v) is 3.51. The van der Waals surface area contributed by atoms with E-state index in [9.17, 15) is 23.6 Å². The number of carbonyl (C=O) groups is 4. The highest BCUT2D eigenvalue weighted by molar-refractivity contribution is 7.98. The zero-order chi connectivity index (χ0) is 21.7. The Morgan fingerprint density at radius 2 is 1.67 bits per heavy atom. The van der Waals surface area contributed by atoms with E-state index in [-0.39, 0.29) is 23.2 Å². The smallest absolute Gasteiger partial charge is 0.329 e. The van der Waals surface area contributed by atoms with Gasteiger partial charge in [-0.2, -0.15) is 11.8 Å². The number of para-hydroxylation sites is 1. The van der Waals surface area contributed by atoms with E-state index in [2.05, 4.69) is 5.32 Å². The summed E-state index contributed by atoms with van der Waals surface area (Å²) in [6.45, 7) is -0.674. The monoisotopic (exact) mass is 430 g/mol. The number of amides is 3. The molecule has 30 heavy (non-hydrogen) atoms. The van der Waals surface area contributed by atoms with Crippen LogP contribution in [0.3, 0.4) is 0 Å². The van der Waals surface area contributed by atoms with Crippen molar-refractivity contribution in [3.63, 3.8) is 0 Å². The number of imide groups is 1. The average molecular weight is 430 g/mol. The van der Waals surface area contributed by atoms with Crippen LogP contribution < -0.4 is 5.32 Å². The van der Waals surface area contributed by atoms with Crippen LogP contribution in [0.5, 0.6) is 0 Å². The number of ether oxygens (including phenoxy) is 1. The molecular weight excluding hydrogens is 411 g/mol. The summed E-state index contributed by atoms with van der Waals surface area (Å²) >= 11 is 1.44. The number of benzene rings is 2. The summed E-state index contributed by atoms with van der Waals surface area (Å²) in [7, 11) is 0. The number of halogens is 1. The first-order valence-corrected chi connectivity index (χ1v) is 10.5. The number of esters is 1. The van der Waals surface area contributed by atoms with Crippen LogP contribution in [0.4, 0.5) is 10.1 Å². The third-order valence-corrected chi connectivity index (χ3v) is 5.14. The summed E-state index contributed by atoms with van der Waals surface area (Å²) in [5, 5.41) is 2.31. The number of nitrogens with zero attached hydrogens (tertiary/aromatic N) is 1. The Kier molecular flexibility index (Phi) is 6.83. The lowest BCUT2D eigenvalue weighted by molar-refractivity contribution is -0.151. The lowest BCUT2D eigenvalue weighted by atomic mass is 10.1. The molecule has 3 amide bonds. The zero-order valence-corrected chi connectivity index (χ0v) is 16.9. The van der Waals surface area contributed by atoms with Gasteiger partial charge in [-0.15, -0.1) is 0 Å². The molecule has 0 aromatic heterocycles. The molecule has 2 aromatic rings. The van der Waals surface area contributed by atoms with Crippen molar-refractivity contribution in [2.24, 2.45) is 0 Å². The van der Waals surface area contributed by atoms with Crippen LogP contribution in [0, 0.1) is 5.82 Å². The highest BCUT2D eigenvalue weighted by Crippen LogP contribution is 2.26. The van der Waals surface area contributed by atoms with Crippen LogP contribution in [0.1, 0.15) is 27.1 Å². The fourth-order valence-electron chi connectivity index (χ4n) is 3.05. The van der Waals surface area contributed by atoms with Gasteiger partial charge in [0.1, 0.15) is 11.9 Å². The molecular formula is C21H19FN2O5S. The molecule has 1 aliphatic heterocycles. The van der Waals surface area contributed by atoms with Crippen LogP contribution in [0.25, 0.3) is 0 Å². The van der Waals surface area contributed by atoms with Gasteiger partial charge in [0.05, 0.1) is 16.8 Å². The Hall–Kier alpha value is -3.20. The molecule has 2 aromatic carbocycles. The Morgan fingerprint density at radius 1 is 1.07 bits per heavy atom. The summed E-state index contributed by atoms with van der Waals surface area (Å²) in [4.78, 5) is 51.0. The van der Waals surface area contributed by atoms with E-state index in [1.54, 1.807) is 18.2 Å². The molecule has 156 valence electrons. The van der Waals surface area contributed by atoms with E-state index >= 15 is 0 Å². The first-order chi connectivity index (χ1) is 14.4. The van der Waals surface area contributed by atoms with E-state index in [1.165, 1.54) is 42.1 Å². The molecule has 1 aliphatic rings. The molecule has 0 saturated heterocycles. The number of nitrogens with one attached hydrogen (secondary N) is 1. The highest BCUT2D eigenvalue weighted by atomic mass is 32.2. The molecule has 1 heterocycles. The first-order valence-electron chi connectivity index (χ1n) is 9.11. The van der Waals surface area contributed by atoms with Crippen LogP contribution in [0.15, 0.2) is 48.5 Å². The van der Waals surface area contributed by atoms with E-state index in [0.29, 0.717) is 5.75 Å². The second-order valence-electron chi connectivity index (χ2n) is 6.46. The SMILES string of the molecule is CSCC[C@H](C(=O)OCC(=O)Nc1ccccc1F)N1C(=O)c2ccccc2C1=O. The van der Waals surface area contributed by atoms with Gasteiger partial charge >= 0.3 is 5.97 Å². The summed E-state index contributed by atoms with van der Waals surface area (Å²) in [5.41, 5.74) is 0.404. The summed E-state index contributed by atoms with van der Waals surface area (Å²) in [6.07, 6.45) is 2.01. The molecule has 0 fully saturated rings. The maximum absolute atomic E-state index is 13.6.